The van der Waals surface area contributed by atoms with E-state index < -0.39 is 5.76 Å². The molecule has 22 heavy (non-hydrogen) atoms. The third kappa shape index (κ3) is 1.86. The number of carbonyl (C=O) groups is 1. The molecule has 0 atom stereocenters. The second-order valence-corrected chi connectivity index (χ2v) is 5.64. The molecule has 0 spiro atoms. The number of rotatable bonds is 1. The Bertz CT molecular complexity index is 927. The second kappa shape index (κ2) is 4.59. The lowest BCUT2D eigenvalue weighted by atomic mass is 10.1. The predicted molar refractivity (Wildman–Crippen MR) is 82.9 cm³/mol. The molecule has 4 rings (SSSR count). The van der Waals surface area contributed by atoms with Crippen molar-refractivity contribution in [3.05, 3.63) is 64.1 Å². The van der Waals surface area contributed by atoms with Gasteiger partial charge in [0.05, 0.1) is 5.52 Å². The van der Waals surface area contributed by atoms with Crippen molar-refractivity contribution in [1.82, 2.24) is 4.57 Å². The van der Waals surface area contributed by atoms with Crippen LogP contribution < -0.4 is 11.5 Å². The molecule has 0 unspecified atom stereocenters. The van der Waals surface area contributed by atoms with Crippen LogP contribution >= 0.6 is 0 Å². The number of oxazole rings is 1. The van der Waals surface area contributed by atoms with Crippen molar-refractivity contribution in [3.63, 3.8) is 0 Å². The Labute approximate surface area is 126 Å². The van der Waals surface area contributed by atoms with E-state index in [-0.39, 0.29) is 11.8 Å². The third-order valence-corrected chi connectivity index (χ3v) is 4.23. The van der Waals surface area contributed by atoms with Crippen molar-refractivity contribution >= 4 is 22.7 Å². The number of nitrogen functional groups attached to an aromatic ring is 1. The second-order valence-electron chi connectivity index (χ2n) is 5.64. The molecule has 0 fully saturated rings. The highest BCUT2D eigenvalue weighted by Crippen LogP contribution is 2.28. The molecule has 1 heterocycles. The van der Waals surface area contributed by atoms with Crippen LogP contribution in [0.1, 0.15) is 15.9 Å². The topological polar surface area (TPSA) is 78.2 Å². The van der Waals surface area contributed by atoms with Gasteiger partial charge in [-0.25, -0.2) is 9.36 Å². The third-order valence-electron chi connectivity index (χ3n) is 4.23. The maximum atomic E-state index is 12.8. The summed E-state index contributed by atoms with van der Waals surface area (Å²) in [5.41, 5.74) is 9.34. The quantitative estimate of drug-likeness (QED) is 0.698. The van der Waals surface area contributed by atoms with Crippen LogP contribution in [0.5, 0.6) is 0 Å². The number of nitrogens with zero attached hydrogens (tertiary/aromatic N) is 1. The molecule has 0 aliphatic heterocycles. The molecule has 1 aliphatic carbocycles. The van der Waals surface area contributed by atoms with Crippen molar-refractivity contribution in [3.8, 4) is 0 Å². The highest BCUT2D eigenvalue weighted by atomic mass is 16.4. The van der Waals surface area contributed by atoms with Crippen molar-refractivity contribution < 1.29 is 9.21 Å². The minimum absolute atomic E-state index is 0.218. The first-order chi connectivity index (χ1) is 10.6. The van der Waals surface area contributed by atoms with Gasteiger partial charge in [0.15, 0.2) is 5.58 Å². The highest BCUT2D eigenvalue weighted by molar-refractivity contribution is 5.92. The summed E-state index contributed by atoms with van der Waals surface area (Å²) in [5, 5.41) is 0. The van der Waals surface area contributed by atoms with Gasteiger partial charge in [-0.1, -0.05) is 24.3 Å². The Morgan fingerprint density at radius 1 is 1.14 bits per heavy atom. The first-order valence-corrected chi connectivity index (χ1v) is 7.15. The molecule has 5 heteroatoms. The van der Waals surface area contributed by atoms with Crippen molar-refractivity contribution in [1.29, 1.82) is 0 Å². The van der Waals surface area contributed by atoms with Gasteiger partial charge in [-0.3, -0.25) is 4.79 Å². The zero-order valence-corrected chi connectivity index (χ0v) is 11.8. The summed E-state index contributed by atoms with van der Waals surface area (Å²) in [6.45, 7) is 0. The molecule has 1 aliphatic rings. The molecule has 0 saturated carbocycles. The fourth-order valence-corrected chi connectivity index (χ4v) is 3.16. The van der Waals surface area contributed by atoms with E-state index in [1.807, 2.05) is 24.3 Å². The molecule has 2 N–H and O–H groups in total. The lowest BCUT2D eigenvalue weighted by Crippen LogP contribution is -2.29. The minimum Gasteiger partial charge on any atom is -0.407 e. The van der Waals surface area contributed by atoms with Crippen molar-refractivity contribution in [2.45, 2.75) is 12.8 Å². The summed E-state index contributed by atoms with van der Waals surface area (Å²) in [7, 11) is 0. The highest BCUT2D eigenvalue weighted by Gasteiger charge is 2.30. The normalized spacial score (nSPS) is 14.4. The maximum Gasteiger partial charge on any atom is 0.426 e. The molecule has 0 radical (unpaired) electrons. The number of carbonyl (C=O) groups excluding carboxylic acids is 1. The lowest BCUT2D eigenvalue weighted by Gasteiger charge is -2.07. The van der Waals surface area contributed by atoms with Gasteiger partial charge in [0.1, 0.15) is 0 Å². The monoisotopic (exact) mass is 294 g/mol. The van der Waals surface area contributed by atoms with Crippen molar-refractivity contribution in [2.75, 3.05) is 5.73 Å². The number of fused-ring (bicyclic) bond motifs is 2. The fraction of sp³-hybridized carbons (Fsp3) is 0.176. The summed E-state index contributed by atoms with van der Waals surface area (Å²) in [4.78, 5) is 24.8. The zero-order chi connectivity index (χ0) is 15.3. The molecule has 2 aromatic carbocycles. The fourth-order valence-electron chi connectivity index (χ4n) is 3.16. The largest absolute Gasteiger partial charge is 0.426 e. The van der Waals surface area contributed by atoms with E-state index in [4.69, 9.17) is 10.2 Å². The number of anilines is 1. The van der Waals surface area contributed by atoms with Crippen LogP contribution in [0.25, 0.3) is 11.1 Å². The van der Waals surface area contributed by atoms with Crippen LogP contribution in [-0.4, -0.2) is 10.5 Å². The summed E-state index contributed by atoms with van der Waals surface area (Å²) in [5.74, 6) is -1.10. The SMILES string of the molecule is Nc1ccc2c(c1)oc(=O)n2C(=O)C1Cc2ccccc2C1. The number of aromatic nitrogens is 1. The molecule has 3 aromatic rings. The van der Waals surface area contributed by atoms with Crippen LogP contribution in [0.4, 0.5) is 5.69 Å². The van der Waals surface area contributed by atoms with Gasteiger partial charge in [0, 0.05) is 17.7 Å². The number of hydrogen-bond donors (Lipinski definition) is 1. The first kappa shape index (κ1) is 12.9. The van der Waals surface area contributed by atoms with E-state index in [9.17, 15) is 9.59 Å². The van der Waals surface area contributed by atoms with Crippen LogP contribution in [-0.2, 0) is 12.8 Å². The molecule has 0 amide bonds. The average Bonchev–Trinajstić information content (AvgIpc) is 3.06. The average molecular weight is 294 g/mol. The van der Waals surface area contributed by atoms with Crippen molar-refractivity contribution in [2.24, 2.45) is 5.92 Å². The standard InChI is InChI=1S/C17H14N2O3/c18-13-5-6-14-15(9-13)22-17(21)19(14)16(20)12-7-10-3-1-2-4-11(10)8-12/h1-6,9,12H,7-8,18H2. The van der Waals surface area contributed by atoms with E-state index in [1.165, 1.54) is 11.1 Å². The lowest BCUT2D eigenvalue weighted by molar-refractivity contribution is 0.0835. The van der Waals surface area contributed by atoms with E-state index in [2.05, 4.69) is 0 Å². The molecule has 5 nitrogen and oxygen atoms in total. The smallest absolute Gasteiger partial charge is 0.407 e. The van der Waals surface area contributed by atoms with Crippen LogP contribution in [0.3, 0.4) is 0 Å². The molecule has 0 saturated heterocycles. The Kier molecular flexibility index (Phi) is 2.69. The van der Waals surface area contributed by atoms with Crippen LogP contribution in [0.2, 0.25) is 0 Å². The molecule has 0 bridgehead atoms. The summed E-state index contributed by atoms with van der Waals surface area (Å²) < 4.78 is 6.27. The number of hydrogen-bond acceptors (Lipinski definition) is 4. The van der Waals surface area contributed by atoms with Crippen LogP contribution in [0.15, 0.2) is 51.7 Å². The van der Waals surface area contributed by atoms with Gasteiger partial charge in [-0.05, 0) is 36.1 Å². The summed E-state index contributed by atoms with van der Waals surface area (Å²) in [6.07, 6.45) is 1.31. The van der Waals surface area contributed by atoms with Gasteiger partial charge < -0.3 is 10.2 Å². The van der Waals surface area contributed by atoms with E-state index in [0.717, 1.165) is 4.57 Å². The molecular formula is C17H14N2O3. The number of benzene rings is 2. The van der Waals surface area contributed by atoms with Gasteiger partial charge in [0.25, 0.3) is 0 Å². The van der Waals surface area contributed by atoms with Crippen LogP contribution in [0, 0.1) is 5.92 Å². The number of nitrogens with two attached hydrogens (primary N) is 1. The van der Waals surface area contributed by atoms with Gasteiger partial charge in [-0.2, -0.15) is 0 Å². The van der Waals surface area contributed by atoms with Gasteiger partial charge >= 0.3 is 5.76 Å². The molecule has 1 aromatic heterocycles. The van der Waals surface area contributed by atoms with Gasteiger partial charge in [-0.15, -0.1) is 0 Å². The van der Waals surface area contributed by atoms with E-state index in [0.29, 0.717) is 29.6 Å². The first-order valence-electron chi connectivity index (χ1n) is 7.15. The Balaban J connectivity index is 1.76. The molecule has 110 valence electrons. The Morgan fingerprint density at radius 2 is 1.82 bits per heavy atom. The summed E-state index contributed by atoms with van der Waals surface area (Å²) in [6, 6.07) is 12.9. The van der Waals surface area contributed by atoms with E-state index >= 15 is 0 Å². The molecular weight excluding hydrogens is 280 g/mol. The Morgan fingerprint density at radius 3 is 2.50 bits per heavy atom. The van der Waals surface area contributed by atoms with E-state index in [1.54, 1.807) is 18.2 Å². The zero-order valence-electron chi connectivity index (χ0n) is 11.8. The summed E-state index contributed by atoms with van der Waals surface area (Å²) >= 11 is 0. The predicted octanol–water partition coefficient (Wildman–Crippen LogP) is 2.23. The minimum atomic E-state index is -0.651. The Hall–Kier alpha value is -2.82. The van der Waals surface area contributed by atoms with Gasteiger partial charge in [0.2, 0.25) is 5.91 Å². The maximum absolute atomic E-state index is 12.8.